The van der Waals surface area contributed by atoms with Crippen molar-refractivity contribution in [3.8, 4) is 22.4 Å². The van der Waals surface area contributed by atoms with Crippen LogP contribution in [0.1, 0.15) is 27.9 Å². The molecule has 4 rings (SSSR count). The molecule has 0 amide bonds. The zero-order chi connectivity index (χ0) is 18.4. The molecule has 0 spiro atoms. The van der Waals surface area contributed by atoms with Gasteiger partial charge in [0.2, 0.25) is 0 Å². The Bertz CT molecular complexity index is 1110. The van der Waals surface area contributed by atoms with Crippen molar-refractivity contribution in [2.24, 2.45) is 0 Å². The van der Waals surface area contributed by atoms with Crippen LogP contribution in [0, 0.1) is 40.8 Å². The summed E-state index contributed by atoms with van der Waals surface area (Å²) in [5.41, 5.74) is 11.7. The van der Waals surface area contributed by atoms with E-state index < -0.39 is 0 Å². The van der Waals surface area contributed by atoms with Crippen LogP contribution >= 0.6 is 0 Å². The van der Waals surface area contributed by atoms with Crippen LogP contribution in [-0.4, -0.2) is 9.38 Å². The van der Waals surface area contributed by atoms with E-state index in [0.29, 0.717) is 0 Å². The van der Waals surface area contributed by atoms with Gasteiger partial charge in [0, 0.05) is 16.8 Å². The van der Waals surface area contributed by atoms with Crippen LogP contribution in [-0.2, 0) is 0 Å². The molecule has 0 aliphatic rings. The lowest BCUT2D eigenvalue weighted by atomic mass is 9.93. The van der Waals surface area contributed by atoms with Crippen LogP contribution in [0.25, 0.3) is 28.0 Å². The number of imidazole rings is 1. The second-order valence-electron chi connectivity index (χ2n) is 7.16. The summed E-state index contributed by atoms with van der Waals surface area (Å²) in [6.07, 6.45) is 3.50. The predicted octanol–water partition coefficient (Wildman–Crippen LogP) is 6.01. The molecule has 129 valence electrons. The molecular formula is C24H23N2. The average Bonchev–Trinajstić information content (AvgIpc) is 3.03. The minimum Gasteiger partial charge on any atom is -0.294 e. The van der Waals surface area contributed by atoms with Crippen molar-refractivity contribution >= 4 is 5.65 Å². The van der Waals surface area contributed by atoms with E-state index in [-0.39, 0.29) is 0 Å². The van der Waals surface area contributed by atoms with Gasteiger partial charge in [-0.15, -0.1) is 0 Å². The monoisotopic (exact) mass is 339 g/mol. The maximum absolute atomic E-state index is 5.03. The summed E-state index contributed by atoms with van der Waals surface area (Å²) < 4.78 is 2.11. The number of pyridine rings is 1. The summed E-state index contributed by atoms with van der Waals surface area (Å²) >= 11 is 0. The van der Waals surface area contributed by atoms with Crippen LogP contribution < -0.4 is 0 Å². The zero-order valence-corrected chi connectivity index (χ0v) is 16.0. The standard InChI is InChI=1S/C24H23N2/c1-15-9-6-7-12-20(15)21-14-26-19(5)13-18(4)23(24(26)25-21)22-16(2)10-8-11-17(22)3/h6-13H,1-5H3. The van der Waals surface area contributed by atoms with Crippen molar-refractivity contribution in [3.63, 3.8) is 0 Å². The van der Waals surface area contributed by atoms with E-state index in [1.165, 1.54) is 33.4 Å². The number of aromatic nitrogens is 2. The summed E-state index contributed by atoms with van der Waals surface area (Å²) in [4.78, 5) is 5.03. The lowest BCUT2D eigenvalue weighted by Crippen LogP contribution is -1.99. The van der Waals surface area contributed by atoms with Gasteiger partial charge in [-0.1, -0.05) is 42.5 Å². The third-order valence-corrected chi connectivity index (χ3v) is 5.17. The molecule has 0 fully saturated rings. The van der Waals surface area contributed by atoms with E-state index in [0.717, 1.165) is 22.6 Å². The number of nitrogens with zero attached hydrogens (tertiary/aromatic N) is 2. The highest BCUT2D eigenvalue weighted by molar-refractivity contribution is 5.86. The summed E-state index contributed by atoms with van der Waals surface area (Å²) in [7, 11) is 0. The smallest absolute Gasteiger partial charge is 0.146 e. The third-order valence-electron chi connectivity index (χ3n) is 5.17. The normalized spacial score (nSPS) is 11.3. The first-order valence-corrected chi connectivity index (χ1v) is 9.02. The second kappa shape index (κ2) is 6.14. The lowest BCUT2D eigenvalue weighted by Gasteiger charge is -2.15. The zero-order valence-electron chi connectivity index (χ0n) is 16.0. The van der Waals surface area contributed by atoms with Gasteiger partial charge in [-0.3, -0.25) is 4.40 Å². The first kappa shape index (κ1) is 16.6. The van der Waals surface area contributed by atoms with Crippen molar-refractivity contribution in [2.45, 2.75) is 34.6 Å². The average molecular weight is 339 g/mol. The minimum absolute atomic E-state index is 0.907. The van der Waals surface area contributed by atoms with Gasteiger partial charge in [0.25, 0.3) is 0 Å². The van der Waals surface area contributed by atoms with Gasteiger partial charge in [-0.05, 0) is 68.5 Å². The molecule has 2 heterocycles. The number of hydrogen-bond donors (Lipinski definition) is 0. The Morgan fingerprint density at radius 1 is 0.731 bits per heavy atom. The van der Waals surface area contributed by atoms with Crippen LogP contribution in [0.15, 0.2) is 48.5 Å². The molecule has 2 aromatic carbocycles. The second-order valence-corrected chi connectivity index (χ2v) is 7.16. The Balaban J connectivity index is 2.08. The molecule has 1 radical (unpaired) electrons. The number of fused-ring (bicyclic) bond motifs is 1. The topological polar surface area (TPSA) is 17.3 Å². The van der Waals surface area contributed by atoms with Crippen LogP contribution in [0.2, 0.25) is 0 Å². The first-order chi connectivity index (χ1) is 12.5. The highest BCUT2D eigenvalue weighted by Gasteiger charge is 2.18. The van der Waals surface area contributed by atoms with Crippen LogP contribution in [0.4, 0.5) is 0 Å². The molecular weight excluding hydrogens is 316 g/mol. The molecule has 0 N–H and O–H groups in total. The summed E-state index contributed by atoms with van der Waals surface area (Å²) in [5.74, 6) is 0. The minimum atomic E-state index is 0.907. The molecule has 0 saturated carbocycles. The summed E-state index contributed by atoms with van der Waals surface area (Å²) in [6.45, 7) is 10.8. The summed E-state index contributed by atoms with van der Waals surface area (Å²) in [6, 6.07) is 17.1. The molecule has 4 aromatic rings. The Morgan fingerprint density at radius 3 is 2.08 bits per heavy atom. The van der Waals surface area contributed by atoms with Gasteiger partial charge < -0.3 is 0 Å². The SMILES string of the molecule is Cc1ccccc1-c1[c]n2c(C)cc(C)c(-c3c(C)cccc3C)c2n1. The highest BCUT2D eigenvalue weighted by atomic mass is 15.0. The largest absolute Gasteiger partial charge is 0.294 e. The molecule has 0 unspecified atom stereocenters. The predicted molar refractivity (Wildman–Crippen MR) is 109 cm³/mol. The van der Waals surface area contributed by atoms with Crippen molar-refractivity contribution < 1.29 is 0 Å². The van der Waals surface area contributed by atoms with Gasteiger partial charge in [-0.25, -0.2) is 4.98 Å². The number of rotatable bonds is 2. The molecule has 0 saturated heterocycles. The molecule has 0 bridgehead atoms. The van der Waals surface area contributed by atoms with Crippen molar-refractivity contribution in [3.05, 3.63) is 82.7 Å². The number of benzene rings is 2. The van der Waals surface area contributed by atoms with Gasteiger partial charge in [0.1, 0.15) is 11.8 Å². The van der Waals surface area contributed by atoms with E-state index in [4.69, 9.17) is 4.98 Å². The molecule has 0 aliphatic carbocycles. The Labute approximate surface area is 155 Å². The summed E-state index contributed by atoms with van der Waals surface area (Å²) in [5, 5.41) is 0. The molecule has 2 aromatic heterocycles. The number of aryl methyl sites for hydroxylation is 5. The van der Waals surface area contributed by atoms with Gasteiger partial charge in [-0.2, -0.15) is 0 Å². The van der Waals surface area contributed by atoms with Crippen molar-refractivity contribution in [1.82, 2.24) is 9.38 Å². The lowest BCUT2D eigenvalue weighted by molar-refractivity contribution is 1.07. The van der Waals surface area contributed by atoms with E-state index in [1.807, 2.05) is 0 Å². The van der Waals surface area contributed by atoms with E-state index in [2.05, 4.69) is 93.7 Å². The van der Waals surface area contributed by atoms with E-state index in [1.54, 1.807) is 0 Å². The fourth-order valence-electron chi connectivity index (χ4n) is 3.87. The van der Waals surface area contributed by atoms with Crippen LogP contribution in [0.3, 0.4) is 0 Å². The van der Waals surface area contributed by atoms with E-state index in [9.17, 15) is 0 Å². The van der Waals surface area contributed by atoms with Gasteiger partial charge in [0.05, 0.1) is 5.69 Å². The Hall–Kier alpha value is -2.87. The van der Waals surface area contributed by atoms with Crippen LogP contribution in [0.5, 0.6) is 0 Å². The molecule has 0 aliphatic heterocycles. The first-order valence-electron chi connectivity index (χ1n) is 9.02. The fourth-order valence-corrected chi connectivity index (χ4v) is 3.87. The Kier molecular flexibility index (Phi) is 3.91. The molecule has 2 heteroatoms. The van der Waals surface area contributed by atoms with Crippen molar-refractivity contribution in [2.75, 3.05) is 0 Å². The highest BCUT2D eigenvalue weighted by Crippen LogP contribution is 2.35. The van der Waals surface area contributed by atoms with E-state index >= 15 is 0 Å². The number of hydrogen-bond acceptors (Lipinski definition) is 1. The fraction of sp³-hybridized carbons (Fsp3) is 0.208. The maximum atomic E-state index is 5.03. The third kappa shape index (κ3) is 2.53. The quantitative estimate of drug-likeness (QED) is 0.437. The maximum Gasteiger partial charge on any atom is 0.146 e. The molecule has 26 heavy (non-hydrogen) atoms. The molecule has 2 nitrogen and oxygen atoms in total. The Morgan fingerprint density at radius 2 is 1.38 bits per heavy atom. The van der Waals surface area contributed by atoms with Crippen molar-refractivity contribution in [1.29, 1.82) is 0 Å². The van der Waals surface area contributed by atoms with Gasteiger partial charge >= 0.3 is 0 Å². The molecule has 0 atom stereocenters. The van der Waals surface area contributed by atoms with Gasteiger partial charge in [0.15, 0.2) is 0 Å².